The molecule has 0 spiro atoms. The van der Waals surface area contributed by atoms with Gasteiger partial charge in [-0.25, -0.2) is 12.8 Å². The van der Waals surface area contributed by atoms with Crippen LogP contribution >= 0.6 is 22.9 Å². The Morgan fingerprint density at radius 3 is 2.66 bits per heavy atom. The standard InChI is InChI=1S/C19H10ClFN6O3S2/c20-14-6-18(32(28,29)27-19-26-25-10-31-19)15(21)7-17(14)30-16-2-1-11(8-22)5-13(16)12-3-4-23-24-9-12/h1-7,9-10H,(H,26,27). The number of aromatic nitrogens is 4. The highest BCUT2D eigenvalue weighted by Crippen LogP contribution is 2.38. The quantitative estimate of drug-likeness (QED) is 0.426. The van der Waals surface area contributed by atoms with Crippen molar-refractivity contribution in [3.05, 3.63) is 70.7 Å². The molecule has 4 rings (SSSR count). The van der Waals surface area contributed by atoms with E-state index in [9.17, 15) is 18.1 Å². The lowest BCUT2D eigenvalue weighted by molar-refractivity contribution is 0.475. The predicted octanol–water partition coefficient (Wildman–Crippen LogP) is 4.25. The highest BCUT2D eigenvalue weighted by Gasteiger charge is 2.24. The molecule has 0 aliphatic carbocycles. The first-order valence-electron chi connectivity index (χ1n) is 8.64. The second kappa shape index (κ2) is 8.83. The Labute approximate surface area is 190 Å². The van der Waals surface area contributed by atoms with Crippen LogP contribution in [0.5, 0.6) is 11.5 Å². The van der Waals surface area contributed by atoms with Gasteiger partial charge in [0.2, 0.25) is 5.13 Å². The topological polar surface area (TPSA) is 131 Å². The largest absolute Gasteiger partial charge is 0.455 e. The molecule has 0 saturated heterocycles. The third kappa shape index (κ3) is 4.50. The van der Waals surface area contributed by atoms with Gasteiger partial charge >= 0.3 is 0 Å². The summed E-state index contributed by atoms with van der Waals surface area (Å²) in [6.45, 7) is 0. The fourth-order valence-electron chi connectivity index (χ4n) is 2.66. The smallest absolute Gasteiger partial charge is 0.266 e. The molecule has 0 saturated carbocycles. The van der Waals surface area contributed by atoms with Crippen molar-refractivity contribution in [1.29, 1.82) is 5.26 Å². The van der Waals surface area contributed by atoms with Crippen molar-refractivity contribution in [2.75, 3.05) is 4.72 Å². The Morgan fingerprint density at radius 2 is 1.97 bits per heavy atom. The van der Waals surface area contributed by atoms with E-state index in [0.717, 1.165) is 23.5 Å². The van der Waals surface area contributed by atoms with Gasteiger partial charge in [-0.1, -0.05) is 22.9 Å². The number of hydrogen-bond donors (Lipinski definition) is 1. The van der Waals surface area contributed by atoms with E-state index in [1.54, 1.807) is 12.1 Å². The number of benzene rings is 2. The second-order valence-corrected chi connectivity index (χ2v) is 9.01. The van der Waals surface area contributed by atoms with Gasteiger partial charge in [0.25, 0.3) is 10.0 Å². The van der Waals surface area contributed by atoms with E-state index in [1.165, 1.54) is 30.0 Å². The maximum atomic E-state index is 14.7. The number of nitrogens with one attached hydrogen (secondary N) is 1. The summed E-state index contributed by atoms with van der Waals surface area (Å²) in [5.74, 6) is -0.949. The highest BCUT2D eigenvalue weighted by atomic mass is 35.5. The van der Waals surface area contributed by atoms with Crippen LogP contribution in [-0.2, 0) is 10.0 Å². The van der Waals surface area contributed by atoms with Crippen LogP contribution in [0.2, 0.25) is 5.02 Å². The predicted molar refractivity (Wildman–Crippen MR) is 114 cm³/mol. The molecule has 0 amide bonds. The van der Waals surface area contributed by atoms with Gasteiger partial charge in [-0.3, -0.25) is 4.72 Å². The van der Waals surface area contributed by atoms with Gasteiger partial charge in [0.15, 0.2) is 0 Å². The number of sulfonamides is 1. The van der Waals surface area contributed by atoms with Gasteiger partial charge in [-0.2, -0.15) is 15.5 Å². The molecule has 0 atom stereocenters. The lowest BCUT2D eigenvalue weighted by atomic mass is 10.0. The number of rotatable bonds is 6. The van der Waals surface area contributed by atoms with E-state index in [4.69, 9.17) is 16.3 Å². The number of ether oxygens (including phenoxy) is 1. The van der Waals surface area contributed by atoms with E-state index < -0.39 is 20.7 Å². The number of nitriles is 1. The van der Waals surface area contributed by atoms with Crippen molar-refractivity contribution in [1.82, 2.24) is 20.4 Å². The molecular formula is C19H10ClFN6O3S2. The molecular weight excluding hydrogens is 479 g/mol. The minimum Gasteiger partial charge on any atom is -0.455 e. The maximum absolute atomic E-state index is 14.7. The molecule has 0 radical (unpaired) electrons. The molecule has 0 unspecified atom stereocenters. The van der Waals surface area contributed by atoms with E-state index in [-0.39, 0.29) is 21.7 Å². The molecule has 2 aromatic carbocycles. The SMILES string of the molecule is N#Cc1ccc(Oc2cc(F)c(S(=O)(=O)Nc3nncs3)cc2Cl)c(-c2ccnnc2)c1. The number of nitrogens with zero attached hydrogens (tertiary/aromatic N) is 5. The molecule has 1 N–H and O–H groups in total. The van der Waals surface area contributed by atoms with Crippen LogP contribution in [-0.4, -0.2) is 28.8 Å². The first-order chi connectivity index (χ1) is 15.4. The Kier molecular flexibility index (Phi) is 5.95. The van der Waals surface area contributed by atoms with Crippen LogP contribution in [0, 0.1) is 17.1 Å². The zero-order valence-electron chi connectivity index (χ0n) is 15.7. The summed E-state index contributed by atoms with van der Waals surface area (Å²) in [7, 11) is -4.29. The van der Waals surface area contributed by atoms with E-state index in [2.05, 4.69) is 25.1 Å². The molecule has 0 aliphatic heterocycles. The van der Waals surface area contributed by atoms with Crippen molar-refractivity contribution >= 4 is 38.1 Å². The second-order valence-electron chi connectivity index (χ2n) is 6.12. The molecule has 0 bridgehead atoms. The lowest BCUT2D eigenvalue weighted by Crippen LogP contribution is -2.14. The Morgan fingerprint density at radius 1 is 1.12 bits per heavy atom. The maximum Gasteiger partial charge on any atom is 0.266 e. The molecule has 0 fully saturated rings. The van der Waals surface area contributed by atoms with Crippen LogP contribution < -0.4 is 9.46 Å². The third-order valence-electron chi connectivity index (χ3n) is 4.08. The summed E-state index contributed by atoms with van der Waals surface area (Å²) in [5.41, 5.74) is 2.78. The molecule has 9 nitrogen and oxygen atoms in total. The summed E-state index contributed by atoms with van der Waals surface area (Å²) in [6.07, 6.45) is 2.94. The van der Waals surface area contributed by atoms with Gasteiger partial charge in [-0.05, 0) is 30.3 Å². The van der Waals surface area contributed by atoms with Crippen molar-refractivity contribution in [3.8, 4) is 28.7 Å². The first-order valence-corrected chi connectivity index (χ1v) is 11.4. The van der Waals surface area contributed by atoms with Gasteiger partial charge in [-0.15, -0.1) is 10.2 Å². The fourth-order valence-corrected chi connectivity index (χ4v) is 4.71. The Bertz CT molecular complexity index is 1430. The molecule has 32 heavy (non-hydrogen) atoms. The summed E-state index contributed by atoms with van der Waals surface area (Å²) in [4.78, 5) is -0.677. The monoisotopic (exact) mass is 488 g/mol. The van der Waals surface area contributed by atoms with Crippen LogP contribution in [0.15, 0.2) is 59.2 Å². The highest BCUT2D eigenvalue weighted by molar-refractivity contribution is 7.93. The van der Waals surface area contributed by atoms with Gasteiger partial charge < -0.3 is 4.74 Å². The first kappa shape index (κ1) is 21.6. The normalized spacial score (nSPS) is 11.0. The van der Waals surface area contributed by atoms with Crippen LogP contribution in [0.3, 0.4) is 0 Å². The number of hydrogen-bond acceptors (Lipinski definition) is 9. The van der Waals surface area contributed by atoms with Crippen molar-refractivity contribution in [3.63, 3.8) is 0 Å². The zero-order chi connectivity index (χ0) is 22.7. The minimum absolute atomic E-state index is 0.0194. The van der Waals surface area contributed by atoms with E-state index in [1.807, 2.05) is 6.07 Å². The van der Waals surface area contributed by atoms with E-state index >= 15 is 0 Å². The molecule has 2 heterocycles. The fraction of sp³-hybridized carbons (Fsp3) is 0. The molecule has 0 aliphatic rings. The van der Waals surface area contributed by atoms with Gasteiger partial charge in [0.1, 0.15) is 27.7 Å². The Hall–Kier alpha value is -3.66. The number of halogens is 2. The molecule has 160 valence electrons. The van der Waals surface area contributed by atoms with Gasteiger partial charge in [0, 0.05) is 17.2 Å². The molecule has 4 aromatic rings. The van der Waals surface area contributed by atoms with Crippen LogP contribution in [0.1, 0.15) is 5.56 Å². The third-order valence-corrected chi connectivity index (χ3v) is 6.47. The average molecular weight is 489 g/mol. The van der Waals surface area contributed by atoms with E-state index in [0.29, 0.717) is 16.7 Å². The summed E-state index contributed by atoms with van der Waals surface area (Å²) in [5, 5.41) is 23.7. The lowest BCUT2D eigenvalue weighted by Gasteiger charge is -2.14. The Balaban J connectivity index is 1.71. The van der Waals surface area contributed by atoms with Crippen molar-refractivity contribution in [2.24, 2.45) is 0 Å². The minimum atomic E-state index is -4.29. The molecule has 13 heteroatoms. The van der Waals surface area contributed by atoms with Crippen LogP contribution in [0.25, 0.3) is 11.1 Å². The zero-order valence-corrected chi connectivity index (χ0v) is 18.1. The van der Waals surface area contributed by atoms with Crippen LogP contribution in [0.4, 0.5) is 9.52 Å². The summed E-state index contributed by atoms with van der Waals surface area (Å²) in [6, 6.07) is 10.1. The van der Waals surface area contributed by atoms with Crippen molar-refractivity contribution < 1.29 is 17.5 Å². The summed E-state index contributed by atoms with van der Waals surface area (Å²) >= 11 is 7.15. The summed E-state index contributed by atoms with van der Waals surface area (Å²) < 4.78 is 47.7. The van der Waals surface area contributed by atoms with Gasteiger partial charge in [0.05, 0.1) is 29.0 Å². The average Bonchev–Trinajstić information content (AvgIpc) is 3.29. The number of anilines is 1. The molecule has 2 aromatic heterocycles. The van der Waals surface area contributed by atoms with Crippen molar-refractivity contribution in [2.45, 2.75) is 4.90 Å².